The fourth-order valence-corrected chi connectivity index (χ4v) is 1.75. The molecule has 0 radical (unpaired) electrons. The van der Waals surface area contributed by atoms with Crippen LogP contribution in [0.5, 0.6) is 0 Å². The largest absolute Gasteiger partial charge is 0.462 e. The van der Waals surface area contributed by atoms with E-state index in [0.29, 0.717) is 12.2 Å². The van der Waals surface area contributed by atoms with Gasteiger partial charge in [-0.1, -0.05) is 6.58 Å². The summed E-state index contributed by atoms with van der Waals surface area (Å²) in [5.74, 6) is -0.330. The summed E-state index contributed by atoms with van der Waals surface area (Å²) in [6, 6.07) is 1.89. The van der Waals surface area contributed by atoms with E-state index in [0.717, 1.165) is 10.4 Å². The van der Waals surface area contributed by atoms with Crippen LogP contribution in [0.4, 0.5) is 0 Å². The van der Waals surface area contributed by atoms with Crippen molar-refractivity contribution in [2.75, 3.05) is 6.61 Å². The first-order valence-electron chi connectivity index (χ1n) is 4.07. The maximum Gasteiger partial charge on any atom is 0.338 e. The molecule has 0 aromatic carbocycles. The lowest BCUT2D eigenvalue weighted by atomic mass is 10.1. The van der Waals surface area contributed by atoms with Gasteiger partial charge in [-0.2, -0.15) is 0 Å². The van der Waals surface area contributed by atoms with Gasteiger partial charge in [-0.15, -0.1) is 11.3 Å². The summed E-state index contributed by atoms with van der Waals surface area (Å²) in [6.45, 7) is 7.84. The van der Waals surface area contributed by atoms with Crippen LogP contribution in [-0.4, -0.2) is 12.6 Å². The second-order valence-electron chi connectivity index (χ2n) is 2.59. The first-order chi connectivity index (χ1) is 6.16. The number of esters is 1. The molecule has 0 spiro atoms. The van der Waals surface area contributed by atoms with E-state index < -0.39 is 0 Å². The monoisotopic (exact) mass is 196 g/mol. The normalized spacial score (nSPS) is 9.69. The molecule has 0 saturated heterocycles. The van der Waals surface area contributed by atoms with Gasteiger partial charge in [-0.3, -0.25) is 0 Å². The zero-order valence-electron chi connectivity index (χ0n) is 7.79. The highest BCUT2D eigenvalue weighted by molar-refractivity contribution is 7.10. The Bertz CT molecular complexity index is 325. The van der Waals surface area contributed by atoms with Crippen LogP contribution in [0.3, 0.4) is 0 Å². The third-order valence-electron chi connectivity index (χ3n) is 1.71. The maximum absolute atomic E-state index is 11.3. The summed E-state index contributed by atoms with van der Waals surface area (Å²) in [5.41, 5.74) is 1.34. The lowest BCUT2D eigenvalue weighted by Gasteiger charge is -2.03. The molecule has 3 heteroatoms. The highest BCUT2D eigenvalue weighted by Crippen LogP contribution is 2.22. The Kier molecular flexibility index (Phi) is 3.25. The Morgan fingerprint density at radius 1 is 1.69 bits per heavy atom. The quantitative estimate of drug-likeness (QED) is 0.548. The van der Waals surface area contributed by atoms with Gasteiger partial charge in [0.15, 0.2) is 0 Å². The van der Waals surface area contributed by atoms with Gasteiger partial charge in [0.2, 0.25) is 0 Å². The Hall–Kier alpha value is -1.09. The van der Waals surface area contributed by atoms with E-state index in [9.17, 15) is 4.79 Å². The fourth-order valence-electron chi connectivity index (χ4n) is 1.03. The lowest BCUT2D eigenvalue weighted by Crippen LogP contribution is -2.05. The lowest BCUT2D eigenvalue weighted by molar-refractivity contribution is -0.136. The first-order valence-corrected chi connectivity index (χ1v) is 4.95. The molecular formula is C10H12O2S. The van der Waals surface area contributed by atoms with Crippen molar-refractivity contribution >= 4 is 22.9 Å². The molecule has 1 aromatic heterocycles. The molecule has 0 aliphatic rings. The van der Waals surface area contributed by atoms with Crippen molar-refractivity contribution in [1.29, 1.82) is 0 Å². The van der Waals surface area contributed by atoms with Crippen molar-refractivity contribution in [3.05, 3.63) is 28.5 Å². The molecule has 2 nitrogen and oxygen atoms in total. The zero-order valence-corrected chi connectivity index (χ0v) is 8.61. The molecule has 70 valence electrons. The van der Waals surface area contributed by atoms with Gasteiger partial charge in [0.25, 0.3) is 0 Å². The molecular weight excluding hydrogens is 184 g/mol. The molecule has 0 aliphatic carbocycles. The zero-order chi connectivity index (χ0) is 9.84. The van der Waals surface area contributed by atoms with Gasteiger partial charge in [0.05, 0.1) is 12.2 Å². The highest BCUT2D eigenvalue weighted by atomic mass is 32.1. The number of thiophene rings is 1. The van der Waals surface area contributed by atoms with Crippen LogP contribution >= 0.6 is 11.3 Å². The van der Waals surface area contributed by atoms with E-state index in [1.165, 1.54) is 0 Å². The van der Waals surface area contributed by atoms with E-state index in [-0.39, 0.29) is 5.97 Å². The van der Waals surface area contributed by atoms with Gasteiger partial charge in [-0.05, 0) is 25.3 Å². The van der Waals surface area contributed by atoms with Crippen LogP contribution in [-0.2, 0) is 9.53 Å². The van der Waals surface area contributed by atoms with E-state index in [4.69, 9.17) is 4.74 Å². The molecule has 1 aromatic rings. The Morgan fingerprint density at radius 2 is 2.38 bits per heavy atom. The van der Waals surface area contributed by atoms with Crippen LogP contribution in [0.2, 0.25) is 0 Å². The van der Waals surface area contributed by atoms with Crippen LogP contribution in [0.15, 0.2) is 18.0 Å². The third kappa shape index (κ3) is 2.18. The van der Waals surface area contributed by atoms with Crippen molar-refractivity contribution in [2.45, 2.75) is 13.8 Å². The second kappa shape index (κ2) is 4.23. The molecule has 0 saturated carbocycles. The van der Waals surface area contributed by atoms with Gasteiger partial charge < -0.3 is 4.74 Å². The van der Waals surface area contributed by atoms with Crippen LogP contribution in [0, 0.1) is 6.92 Å². The number of ether oxygens (including phenoxy) is 1. The topological polar surface area (TPSA) is 26.3 Å². The Morgan fingerprint density at radius 3 is 2.85 bits per heavy atom. The number of rotatable bonds is 3. The van der Waals surface area contributed by atoms with Gasteiger partial charge in [-0.25, -0.2) is 4.79 Å². The average molecular weight is 196 g/mol. The van der Waals surface area contributed by atoms with E-state index in [2.05, 4.69) is 6.58 Å². The van der Waals surface area contributed by atoms with Gasteiger partial charge in [0.1, 0.15) is 0 Å². The molecule has 0 aliphatic heterocycles. The van der Waals surface area contributed by atoms with Crippen molar-refractivity contribution in [2.24, 2.45) is 0 Å². The summed E-state index contributed by atoms with van der Waals surface area (Å²) in [4.78, 5) is 12.4. The number of carbonyl (C=O) groups excluding carboxylic acids is 1. The summed E-state index contributed by atoms with van der Waals surface area (Å²) in [5, 5.41) is 1.94. The maximum atomic E-state index is 11.3. The standard InChI is InChI=1S/C10H12O2S/c1-4-12-10(11)7(2)9-5-6-13-8(9)3/h5-6H,2,4H2,1,3H3. The van der Waals surface area contributed by atoms with Crippen LogP contribution in [0.1, 0.15) is 17.4 Å². The molecule has 0 fully saturated rings. The van der Waals surface area contributed by atoms with Gasteiger partial charge in [0, 0.05) is 10.4 Å². The fraction of sp³-hybridized carbons (Fsp3) is 0.300. The second-order valence-corrected chi connectivity index (χ2v) is 3.71. The molecule has 13 heavy (non-hydrogen) atoms. The Balaban J connectivity index is 2.80. The predicted octanol–water partition coefficient (Wildman–Crippen LogP) is 2.63. The number of hydrogen-bond acceptors (Lipinski definition) is 3. The SMILES string of the molecule is C=C(C(=O)OCC)c1ccsc1C. The first kappa shape index (κ1) is 9.99. The summed E-state index contributed by atoms with van der Waals surface area (Å²) in [7, 11) is 0. The van der Waals surface area contributed by atoms with E-state index in [1.54, 1.807) is 18.3 Å². The van der Waals surface area contributed by atoms with Crippen molar-refractivity contribution < 1.29 is 9.53 Å². The van der Waals surface area contributed by atoms with Gasteiger partial charge >= 0.3 is 5.97 Å². The highest BCUT2D eigenvalue weighted by Gasteiger charge is 2.12. The van der Waals surface area contributed by atoms with Crippen LogP contribution < -0.4 is 0 Å². The summed E-state index contributed by atoms with van der Waals surface area (Å²) < 4.78 is 4.85. The van der Waals surface area contributed by atoms with E-state index >= 15 is 0 Å². The minimum atomic E-state index is -0.330. The summed E-state index contributed by atoms with van der Waals surface area (Å²) in [6.07, 6.45) is 0. The minimum absolute atomic E-state index is 0.330. The molecule has 1 heterocycles. The number of carbonyl (C=O) groups is 1. The molecule has 1 rings (SSSR count). The van der Waals surface area contributed by atoms with Crippen molar-refractivity contribution in [3.63, 3.8) is 0 Å². The molecule has 0 bridgehead atoms. The number of hydrogen-bond donors (Lipinski definition) is 0. The summed E-state index contributed by atoms with van der Waals surface area (Å²) >= 11 is 1.60. The van der Waals surface area contributed by atoms with E-state index in [1.807, 2.05) is 18.4 Å². The molecule has 0 amide bonds. The molecule has 0 N–H and O–H groups in total. The predicted molar refractivity (Wildman–Crippen MR) is 54.7 cm³/mol. The third-order valence-corrected chi connectivity index (χ3v) is 2.55. The Labute approximate surface area is 81.8 Å². The minimum Gasteiger partial charge on any atom is -0.462 e. The molecule has 0 unspecified atom stereocenters. The smallest absolute Gasteiger partial charge is 0.338 e. The van der Waals surface area contributed by atoms with Crippen molar-refractivity contribution in [1.82, 2.24) is 0 Å². The van der Waals surface area contributed by atoms with Crippen molar-refractivity contribution in [3.8, 4) is 0 Å². The van der Waals surface area contributed by atoms with Crippen LogP contribution in [0.25, 0.3) is 5.57 Å². The number of aryl methyl sites for hydroxylation is 1. The average Bonchev–Trinajstić information content (AvgIpc) is 2.50. The molecule has 0 atom stereocenters.